The fourth-order valence-corrected chi connectivity index (χ4v) is 4.69. The lowest BCUT2D eigenvalue weighted by molar-refractivity contribution is 0.195. The van der Waals surface area contributed by atoms with E-state index >= 15 is 0 Å². The summed E-state index contributed by atoms with van der Waals surface area (Å²) in [5, 5.41) is 23.4. The van der Waals surface area contributed by atoms with Gasteiger partial charge in [-0.2, -0.15) is 18.8 Å². The molecular weight excluding hydrogens is 498 g/mol. The van der Waals surface area contributed by atoms with Crippen molar-refractivity contribution in [1.82, 2.24) is 15.0 Å². The molecule has 0 aliphatic heterocycles. The lowest BCUT2D eigenvalue weighted by atomic mass is 9.83. The largest absolute Gasteiger partial charge is 0.480 e. The van der Waals surface area contributed by atoms with Crippen molar-refractivity contribution in [1.29, 1.82) is 5.26 Å². The summed E-state index contributed by atoms with van der Waals surface area (Å²) in [6.07, 6.45) is 4.70. The lowest BCUT2D eigenvalue weighted by Gasteiger charge is -2.23. The summed E-state index contributed by atoms with van der Waals surface area (Å²) in [6.45, 7) is 2.67. The Morgan fingerprint density at radius 1 is 1.25 bits per heavy atom. The molecule has 3 aromatic rings. The highest BCUT2D eigenvalue weighted by Crippen LogP contribution is 2.42. The smallest absolute Gasteiger partial charge is 0.237 e. The summed E-state index contributed by atoms with van der Waals surface area (Å²) < 4.78 is 10.6. The standard InChI is InChI=1S/C26H28ClN5O3.H2S/c1-26(15-33)8-6-18-17(14-28)11-16(12-19(18)26)21-7-9-29-25(31-21)32-23-13-20(27)22(5-4-10-34-2)30-24(23)35-3;/h7,9,11-13,33H,4-6,8,10,15H2,1-3H3,(H,29,31,32);1H2/t26-;/m0./s1. The zero-order valence-electron chi connectivity index (χ0n) is 20.6. The number of nitrogens with one attached hydrogen (secondary N) is 1. The van der Waals surface area contributed by atoms with Gasteiger partial charge in [-0.05, 0) is 61.1 Å². The van der Waals surface area contributed by atoms with E-state index in [9.17, 15) is 10.4 Å². The SMILES string of the molecule is COCCCc1nc(OC)c(Nc2nccc(-c3cc(C#N)c4c(c3)[C@](C)(CO)CC4)n2)cc1Cl.S. The number of pyridine rings is 1. The van der Waals surface area contributed by atoms with Gasteiger partial charge in [0.05, 0.1) is 41.8 Å². The number of fused-ring (bicyclic) bond motifs is 1. The van der Waals surface area contributed by atoms with Crippen molar-refractivity contribution in [3.63, 3.8) is 0 Å². The van der Waals surface area contributed by atoms with Gasteiger partial charge in [0, 0.05) is 30.9 Å². The van der Waals surface area contributed by atoms with Crippen molar-refractivity contribution >= 4 is 36.7 Å². The van der Waals surface area contributed by atoms with Gasteiger partial charge in [-0.1, -0.05) is 18.5 Å². The van der Waals surface area contributed by atoms with Crippen molar-refractivity contribution in [2.75, 3.05) is 32.8 Å². The summed E-state index contributed by atoms with van der Waals surface area (Å²) in [7, 11) is 3.20. The molecule has 0 bridgehead atoms. The van der Waals surface area contributed by atoms with Gasteiger partial charge in [0.15, 0.2) is 0 Å². The van der Waals surface area contributed by atoms with E-state index in [1.165, 1.54) is 0 Å². The highest BCUT2D eigenvalue weighted by Gasteiger charge is 2.35. The third-order valence-electron chi connectivity index (χ3n) is 6.46. The fourth-order valence-electron chi connectivity index (χ4n) is 4.44. The Hall–Kier alpha value is -2.90. The molecule has 1 aliphatic rings. The summed E-state index contributed by atoms with van der Waals surface area (Å²) in [6, 6.07) is 9.73. The van der Waals surface area contributed by atoms with Crippen molar-refractivity contribution < 1.29 is 14.6 Å². The minimum absolute atomic E-state index is 0. The summed E-state index contributed by atoms with van der Waals surface area (Å²) in [4.78, 5) is 13.5. The number of hydrogen-bond donors (Lipinski definition) is 2. The van der Waals surface area contributed by atoms with E-state index in [-0.39, 0.29) is 25.5 Å². The second-order valence-electron chi connectivity index (χ2n) is 8.84. The van der Waals surface area contributed by atoms with E-state index in [0.29, 0.717) is 46.8 Å². The Morgan fingerprint density at radius 2 is 2.06 bits per heavy atom. The van der Waals surface area contributed by atoms with Crippen LogP contribution in [0.3, 0.4) is 0 Å². The van der Waals surface area contributed by atoms with Crippen molar-refractivity contribution in [3.05, 3.63) is 57.9 Å². The number of nitrogens with zero attached hydrogens (tertiary/aromatic N) is 4. The van der Waals surface area contributed by atoms with Crippen LogP contribution in [0.15, 0.2) is 30.5 Å². The van der Waals surface area contributed by atoms with Crippen LogP contribution in [-0.4, -0.2) is 47.5 Å². The van der Waals surface area contributed by atoms with Gasteiger partial charge in [0.1, 0.15) is 5.69 Å². The minimum atomic E-state index is -0.369. The topological polar surface area (TPSA) is 113 Å². The van der Waals surface area contributed by atoms with Crippen LogP contribution in [0.1, 0.15) is 42.1 Å². The first kappa shape index (κ1) is 27.7. The van der Waals surface area contributed by atoms with E-state index in [0.717, 1.165) is 41.6 Å². The van der Waals surface area contributed by atoms with E-state index in [1.54, 1.807) is 32.5 Å². The molecule has 8 nitrogen and oxygen atoms in total. The number of ether oxygens (including phenoxy) is 2. The Kier molecular flexibility index (Phi) is 9.14. The van der Waals surface area contributed by atoms with Crippen LogP contribution in [0.5, 0.6) is 5.88 Å². The normalized spacial score (nSPS) is 16.1. The van der Waals surface area contributed by atoms with E-state index in [4.69, 9.17) is 21.1 Å². The molecule has 2 aromatic heterocycles. The summed E-state index contributed by atoms with van der Waals surface area (Å²) >= 11 is 6.47. The van der Waals surface area contributed by atoms with Gasteiger partial charge >= 0.3 is 0 Å². The van der Waals surface area contributed by atoms with Crippen LogP contribution in [0.4, 0.5) is 11.6 Å². The number of rotatable bonds is 9. The third kappa shape index (κ3) is 5.57. The van der Waals surface area contributed by atoms with Crippen LogP contribution < -0.4 is 10.1 Å². The molecule has 0 amide bonds. The highest BCUT2D eigenvalue weighted by molar-refractivity contribution is 7.59. The maximum absolute atomic E-state index is 10.0. The lowest BCUT2D eigenvalue weighted by Crippen LogP contribution is -2.23. The number of nitriles is 1. The average Bonchev–Trinajstić information content (AvgIpc) is 3.22. The first-order chi connectivity index (χ1) is 16.9. The Balaban J connectivity index is 0.00000361. The Labute approximate surface area is 223 Å². The first-order valence-electron chi connectivity index (χ1n) is 11.4. The highest BCUT2D eigenvalue weighted by atomic mass is 35.5. The van der Waals surface area contributed by atoms with Crippen LogP contribution >= 0.6 is 25.1 Å². The number of methoxy groups -OCH3 is 2. The van der Waals surface area contributed by atoms with Gasteiger partial charge in [-0.15, -0.1) is 0 Å². The molecule has 0 radical (unpaired) electrons. The van der Waals surface area contributed by atoms with Gasteiger partial charge in [0.2, 0.25) is 11.8 Å². The van der Waals surface area contributed by atoms with Crippen LogP contribution in [0.25, 0.3) is 11.3 Å². The quantitative estimate of drug-likeness (QED) is 0.385. The van der Waals surface area contributed by atoms with E-state index in [1.807, 2.05) is 19.1 Å². The predicted octanol–water partition coefficient (Wildman–Crippen LogP) is 4.70. The molecule has 2 heterocycles. The molecule has 0 unspecified atom stereocenters. The van der Waals surface area contributed by atoms with Crippen molar-refractivity contribution in [3.8, 4) is 23.2 Å². The van der Waals surface area contributed by atoms with Gasteiger partial charge in [-0.3, -0.25) is 0 Å². The zero-order valence-corrected chi connectivity index (χ0v) is 22.3. The number of anilines is 2. The molecular formula is C26H30ClN5O3S. The van der Waals surface area contributed by atoms with Crippen LogP contribution in [-0.2, 0) is 23.0 Å². The molecule has 1 aliphatic carbocycles. The van der Waals surface area contributed by atoms with Crippen LogP contribution in [0.2, 0.25) is 5.02 Å². The zero-order chi connectivity index (χ0) is 25.0. The number of aromatic nitrogens is 3. The predicted molar refractivity (Wildman–Crippen MR) is 145 cm³/mol. The van der Waals surface area contributed by atoms with Gasteiger partial charge in [0.25, 0.3) is 0 Å². The van der Waals surface area contributed by atoms with Crippen LogP contribution in [0, 0.1) is 11.3 Å². The molecule has 1 aromatic carbocycles. The second-order valence-corrected chi connectivity index (χ2v) is 9.25. The number of aryl methyl sites for hydroxylation is 1. The number of aliphatic hydroxyl groups excluding tert-OH is 1. The maximum Gasteiger partial charge on any atom is 0.237 e. The second kappa shape index (κ2) is 11.9. The molecule has 4 rings (SSSR count). The van der Waals surface area contributed by atoms with Crippen molar-refractivity contribution in [2.24, 2.45) is 0 Å². The van der Waals surface area contributed by atoms with E-state index < -0.39 is 0 Å². The monoisotopic (exact) mass is 527 g/mol. The molecule has 36 heavy (non-hydrogen) atoms. The number of halogens is 1. The number of hydrogen-bond acceptors (Lipinski definition) is 8. The molecule has 10 heteroatoms. The number of benzene rings is 1. The Morgan fingerprint density at radius 3 is 2.75 bits per heavy atom. The first-order valence-corrected chi connectivity index (χ1v) is 11.8. The molecule has 1 atom stereocenters. The Bertz CT molecular complexity index is 1280. The summed E-state index contributed by atoms with van der Waals surface area (Å²) in [5.74, 6) is 0.730. The molecule has 0 saturated carbocycles. The molecule has 2 N–H and O–H groups in total. The van der Waals surface area contributed by atoms with Crippen molar-refractivity contribution in [2.45, 2.75) is 38.0 Å². The van der Waals surface area contributed by atoms with Gasteiger partial charge < -0.3 is 19.9 Å². The van der Waals surface area contributed by atoms with E-state index in [2.05, 4.69) is 26.3 Å². The molecule has 190 valence electrons. The maximum atomic E-state index is 10.0. The minimum Gasteiger partial charge on any atom is -0.480 e. The van der Waals surface area contributed by atoms with Gasteiger partial charge in [-0.25, -0.2) is 15.0 Å². The fraction of sp³-hybridized carbons (Fsp3) is 0.385. The third-order valence-corrected chi connectivity index (χ3v) is 6.79. The number of aliphatic hydroxyl groups is 1. The molecule has 0 spiro atoms. The summed E-state index contributed by atoms with van der Waals surface area (Å²) in [5.41, 5.74) is 4.99. The molecule has 0 fully saturated rings. The average molecular weight is 528 g/mol. The molecule has 0 saturated heterocycles.